The average Bonchev–Trinajstić information content (AvgIpc) is 3.43. The number of hydrogen-bond acceptors (Lipinski definition) is 6. The highest BCUT2D eigenvalue weighted by molar-refractivity contribution is 7.09. The number of rotatable bonds is 12. The maximum Gasteiger partial charge on any atom is 0.573 e. The minimum atomic E-state index is -4.79. The molecule has 0 atom stereocenters. The number of carbonyl (C=O) groups is 2. The normalized spacial score (nSPS) is 11.2. The number of benzene rings is 3. The van der Waals surface area contributed by atoms with Gasteiger partial charge >= 0.3 is 6.36 Å². The van der Waals surface area contributed by atoms with Crippen molar-refractivity contribution < 1.29 is 32.2 Å². The molecule has 0 radical (unpaired) electrons. The van der Waals surface area contributed by atoms with Crippen LogP contribution in [0.2, 0.25) is 0 Å². The minimum absolute atomic E-state index is 0.0998. The van der Waals surface area contributed by atoms with Gasteiger partial charge in [-0.3, -0.25) is 9.59 Å². The van der Waals surface area contributed by atoms with Gasteiger partial charge < -0.3 is 20.1 Å². The van der Waals surface area contributed by atoms with Gasteiger partial charge in [-0.15, -0.1) is 24.5 Å². The van der Waals surface area contributed by atoms with Crippen molar-refractivity contribution in [1.29, 1.82) is 0 Å². The molecule has 4 aromatic rings. The van der Waals surface area contributed by atoms with Crippen LogP contribution in [0.1, 0.15) is 39.0 Å². The molecule has 208 valence electrons. The number of ether oxygens (including phenoxy) is 2. The van der Waals surface area contributed by atoms with Gasteiger partial charge in [-0.2, -0.15) is 0 Å². The van der Waals surface area contributed by atoms with Gasteiger partial charge in [0.1, 0.15) is 22.2 Å². The summed E-state index contributed by atoms with van der Waals surface area (Å²) < 4.78 is 45.8. The number of aromatic nitrogens is 1. The van der Waals surface area contributed by atoms with E-state index in [2.05, 4.69) is 44.6 Å². The van der Waals surface area contributed by atoms with Crippen molar-refractivity contribution in [2.45, 2.75) is 25.2 Å². The number of halogens is 3. The highest BCUT2D eigenvalue weighted by Gasteiger charge is 2.31. The third kappa shape index (κ3) is 8.84. The summed E-state index contributed by atoms with van der Waals surface area (Å²) in [6, 6.07) is 25.0. The zero-order valence-electron chi connectivity index (χ0n) is 21.2. The Morgan fingerprint density at radius 3 is 2.05 bits per heavy atom. The number of thiazole rings is 1. The third-order valence-electron chi connectivity index (χ3n) is 5.77. The maximum absolute atomic E-state index is 12.7. The van der Waals surface area contributed by atoms with E-state index in [9.17, 15) is 22.8 Å². The molecule has 11 heteroatoms. The lowest BCUT2D eigenvalue weighted by atomic mass is 9.88. The van der Waals surface area contributed by atoms with E-state index in [1.807, 2.05) is 36.4 Å². The van der Waals surface area contributed by atoms with E-state index in [4.69, 9.17) is 4.74 Å². The van der Waals surface area contributed by atoms with E-state index in [-0.39, 0.29) is 42.2 Å². The molecular formula is C29H26F3N3O4S. The summed E-state index contributed by atoms with van der Waals surface area (Å²) in [4.78, 5) is 29.1. The Morgan fingerprint density at radius 1 is 0.850 bits per heavy atom. The monoisotopic (exact) mass is 569 g/mol. The van der Waals surface area contributed by atoms with E-state index >= 15 is 0 Å². The summed E-state index contributed by atoms with van der Waals surface area (Å²) >= 11 is 1.24. The quantitative estimate of drug-likeness (QED) is 0.229. The van der Waals surface area contributed by atoms with Crippen LogP contribution in [0.25, 0.3) is 0 Å². The second kappa shape index (κ2) is 13.6. The highest BCUT2D eigenvalue weighted by Crippen LogP contribution is 2.27. The number of alkyl halides is 3. The minimum Gasteiger partial charge on any atom is -0.484 e. The lowest BCUT2D eigenvalue weighted by Crippen LogP contribution is -2.28. The summed E-state index contributed by atoms with van der Waals surface area (Å²) in [5, 5.41) is 7.73. The molecule has 3 aromatic carbocycles. The van der Waals surface area contributed by atoms with Crippen LogP contribution in [-0.4, -0.2) is 36.3 Å². The Labute approximate surface area is 233 Å². The predicted octanol–water partition coefficient (Wildman–Crippen LogP) is 5.69. The van der Waals surface area contributed by atoms with Gasteiger partial charge in [0.15, 0.2) is 6.61 Å². The largest absolute Gasteiger partial charge is 0.573 e. The van der Waals surface area contributed by atoms with Crippen LogP contribution in [0.15, 0.2) is 90.3 Å². The number of nitrogens with one attached hydrogen (secondary N) is 2. The van der Waals surface area contributed by atoms with E-state index in [0.717, 1.165) is 12.1 Å². The van der Waals surface area contributed by atoms with Crippen molar-refractivity contribution in [3.63, 3.8) is 0 Å². The first-order valence-corrected chi connectivity index (χ1v) is 13.2. The first-order valence-electron chi connectivity index (χ1n) is 12.3. The van der Waals surface area contributed by atoms with Crippen molar-refractivity contribution in [1.82, 2.24) is 15.6 Å². The van der Waals surface area contributed by atoms with Gasteiger partial charge in [0, 0.05) is 17.8 Å². The fraction of sp³-hybridized carbons (Fsp3) is 0.207. The van der Waals surface area contributed by atoms with Crippen LogP contribution in [0.4, 0.5) is 13.2 Å². The summed E-state index contributed by atoms with van der Waals surface area (Å²) in [5.74, 6) is -0.795. The van der Waals surface area contributed by atoms with Crippen molar-refractivity contribution in [2.24, 2.45) is 0 Å². The molecule has 0 bridgehead atoms. The van der Waals surface area contributed by atoms with Crippen LogP contribution in [0.5, 0.6) is 11.5 Å². The Morgan fingerprint density at radius 2 is 1.45 bits per heavy atom. The second-order valence-electron chi connectivity index (χ2n) is 8.63. The summed E-state index contributed by atoms with van der Waals surface area (Å²) in [6.45, 7) is 0.211. The molecule has 0 saturated heterocycles. The summed E-state index contributed by atoms with van der Waals surface area (Å²) in [5.41, 5.74) is 2.61. The zero-order valence-corrected chi connectivity index (χ0v) is 22.0. The molecule has 0 spiro atoms. The Kier molecular flexibility index (Phi) is 9.74. The standard InChI is InChI=1S/C29H26F3N3O4S/c30-29(31,32)39-23-13-11-22(12-14-23)38-18-26(36)34-17-27-35-25(19-40-27)28(37)33-16-15-24(20-7-3-1-4-8-20)21-9-5-2-6-10-21/h1-14,19,24H,15-18H2,(H,33,37)(H,34,36). The van der Waals surface area contributed by atoms with E-state index in [0.29, 0.717) is 18.0 Å². The Bertz CT molecular complexity index is 1340. The number of hydrogen-bond donors (Lipinski definition) is 2. The lowest BCUT2D eigenvalue weighted by molar-refractivity contribution is -0.274. The van der Waals surface area contributed by atoms with Gasteiger partial charge in [-0.25, -0.2) is 4.98 Å². The van der Waals surface area contributed by atoms with Crippen LogP contribution < -0.4 is 20.1 Å². The van der Waals surface area contributed by atoms with Crippen LogP contribution in [0, 0.1) is 0 Å². The molecule has 40 heavy (non-hydrogen) atoms. The maximum atomic E-state index is 12.7. The van der Waals surface area contributed by atoms with Crippen molar-refractivity contribution in [3.8, 4) is 11.5 Å². The molecule has 2 N–H and O–H groups in total. The van der Waals surface area contributed by atoms with Crippen molar-refractivity contribution in [3.05, 3.63) is 112 Å². The highest BCUT2D eigenvalue weighted by atomic mass is 32.1. The zero-order chi connectivity index (χ0) is 28.4. The van der Waals surface area contributed by atoms with E-state index < -0.39 is 12.3 Å². The van der Waals surface area contributed by atoms with Crippen LogP contribution in [-0.2, 0) is 11.3 Å². The van der Waals surface area contributed by atoms with Gasteiger partial charge in [-0.05, 0) is 41.8 Å². The molecule has 4 rings (SSSR count). The molecule has 2 amide bonds. The van der Waals surface area contributed by atoms with Gasteiger partial charge in [0.2, 0.25) is 0 Å². The van der Waals surface area contributed by atoms with Crippen LogP contribution >= 0.6 is 11.3 Å². The molecule has 1 heterocycles. The van der Waals surface area contributed by atoms with Gasteiger partial charge in [0.25, 0.3) is 11.8 Å². The SMILES string of the molecule is O=C(COc1ccc(OC(F)(F)F)cc1)NCc1nc(C(=O)NCCC(c2ccccc2)c2ccccc2)cs1. The number of nitrogens with zero attached hydrogens (tertiary/aromatic N) is 1. The average molecular weight is 570 g/mol. The van der Waals surface area contributed by atoms with Gasteiger partial charge in [0.05, 0.1) is 6.54 Å². The topological polar surface area (TPSA) is 89.6 Å². The fourth-order valence-corrected chi connectivity index (χ4v) is 4.64. The molecule has 0 aliphatic carbocycles. The summed E-state index contributed by atoms with van der Waals surface area (Å²) in [6.07, 6.45) is -4.07. The van der Waals surface area contributed by atoms with Crippen molar-refractivity contribution in [2.75, 3.05) is 13.2 Å². The molecule has 0 unspecified atom stereocenters. The fourth-order valence-electron chi connectivity index (χ4n) is 3.93. The first-order chi connectivity index (χ1) is 19.3. The molecule has 1 aromatic heterocycles. The first kappa shape index (κ1) is 28.6. The summed E-state index contributed by atoms with van der Waals surface area (Å²) in [7, 11) is 0. The van der Waals surface area contributed by atoms with Crippen LogP contribution in [0.3, 0.4) is 0 Å². The Hall–Kier alpha value is -4.38. The number of carbonyl (C=O) groups excluding carboxylic acids is 2. The molecule has 7 nitrogen and oxygen atoms in total. The molecule has 0 saturated carbocycles. The molecule has 0 aliphatic rings. The van der Waals surface area contributed by atoms with Gasteiger partial charge in [-0.1, -0.05) is 60.7 Å². The third-order valence-corrected chi connectivity index (χ3v) is 6.62. The lowest BCUT2D eigenvalue weighted by Gasteiger charge is -2.18. The predicted molar refractivity (Wildman–Crippen MR) is 144 cm³/mol. The molecular weight excluding hydrogens is 543 g/mol. The van der Waals surface area contributed by atoms with Crippen molar-refractivity contribution >= 4 is 23.2 Å². The smallest absolute Gasteiger partial charge is 0.484 e. The van der Waals surface area contributed by atoms with E-state index in [1.54, 1.807) is 5.38 Å². The molecule has 0 aliphatic heterocycles. The second-order valence-corrected chi connectivity index (χ2v) is 9.57. The Balaban J connectivity index is 1.21. The number of amides is 2. The van der Waals surface area contributed by atoms with E-state index in [1.165, 1.54) is 34.6 Å². The molecule has 0 fully saturated rings.